The van der Waals surface area contributed by atoms with Crippen molar-refractivity contribution in [2.45, 2.75) is 20.0 Å². The molecule has 132 valence electrons. The van der Waals surface area contributed by atoms with Gasteiger partial charge in [0.25, 0.3) is 11.8 Å². The SMILES string of the molecule is Cc1ccc(OCC(=O)NNC(=O)[C@@H](C)Oc2cccc(Cl)c2)cc1. The normalized spacial score (nSPS) is 11.3. The van der Waals surface area contributed by atoms with Crippen molar-refractivity contribution < 1.29 is 19.1 Å². The topological polar surface area (TPSA) is 76.7 Å². The summed E-state index contributed by atoms with van der Waals surface area (Å²) in [6.45, 7) is 3.30. The van der Waals surface area contributed by atoms with Crippen molar-refractivity contribution in [2.24, 2.45) is 0 Å². The van der Waals surface area contributed by atoms with E-state index < -0.39 is 17.9 Å². The van der Waals surface area contributed by atoms with Gasteiger partial charge in [0.2, 0.25) is 0 Å². The fourth-order valence-electron chi connectivity index (χ4n) is 1.85. The largest absolute Gasteiger partial charge is 0.484 e. The predicted octanol–water partition coefficient (Wildman–Crippen LogP) is 2.64. The molecule has 0 saturated heterocycles. The molecule has 6 nitrogen and oxygen atoms in total. The fourth-order valence-corrected chi connectivity index (χ4v) is 2.03. The van der Waals surface area contributed by atoms with Crippen LogP contribution in [-0.2, 0) is 9.59 Å². The quantitative estimate of drug-likeness (QED) is 0.774. The number of hydrogen-bond acceptors (Lipinski definition) is 4. The average molecular weight is 363 g/mol. The molecule has 0 aliphatic carbocycles. The van der Waals surface area contributed by atoms with E-state index in [0.29, 0.717) is 16.5 Å². The fraction of sp³-hybridized carbons (Fsp3) is 0.222. The van der Waals surface area contributed by atoms with Crippen LogP contribution in [0.3, 0.4) is 0 Å². The van der Waals surface area contributed by atoms with Crippen molar-refractivity contribution in [1.29, 1.82) is 0 Å². The van der Waals surface area contributed by atoms with Crippen LogP contribution in [0.1, 0.15) is 12.5 Å². The molecule has 0 heterocycles. The van der Waals surface area contributed by atoms with Gasteiger partial charge in [0.05, 0.1) is 0 Å². The number of carbonyl (C=O) groups excluding carboxylic acids is 2. The zero-order valence-corrected chi connectivity index (χ0v) is 14.7. The van der Waals surface area contributed by atoms with E-state index in [1.807, 2.05) is 19.1 Å². The number of aryl methyl sites for hydroxylation is 1. The van der Waals surface area contributed by atoms with E-state index in [0.717, 1.165) is 5.56 Å². The number of ether oxygens (including phenoxy) is 2. The Kier molecular flexibility index (Phi) is 6.65. The predicted molar refractivity (Wildman–Crippen MR) is 94.5 cm³/mol. The van der Waals surface area contributed by atoms with Gasteiger partial charge in [-0.3, -0.25) is 20.4 Å². The molecular formula is C18H19ClN2O4. The third-order valence-electron chi connectivity index (χ3n) is 3.19. The highest BCUT2D eigenvalue weighted by molar-refractivity contribution is 6.30. The molecule has 0 saturated carbocycles. The van der Waals surface area contributed by atoms with Gasteiger partial charge in [0, 0.05) is 5.02 Å². The minimum Gasteiger partial charge on any atom is -0.484 e. The van der Waals surface area contributed by atoms with Crippen molar-refractivity contribution in [2.75, 3.05) is 6.61 Å². The molecule has 2 rings (SSSR count). The summed E-state index contributed by atoms with van der Waals surface area (Å²) in [5, 5.41) is 0.506. The maximum absolute atomic E-state index is 11.9. The summed E-state index contributed by atoms with van der Waals surface area (Å²) in [5.41, 5.74) is 5.65. The zero-order valence-electron chi connectivity index (χ0n) is 13.9. The van der Waals surface area contributed by atoms with E-state index in [1.54, 1.807) is 43.3 Å². The molecule has 0 spiro atoms. The molecule has 0 unspecified atom stereocenters. The smallest absolute Gasteiger partial charge is 0.279 e. The van der Waals surface area contributed by atoms with Crippen molar-refractivity contribution in [3.05, 3.63) is 59.1 Å². The highest BCUT2D eigenvalue weighted by Gasteiger charge is 2.15. The van der Waals surface area contributed by atoms with Crippen molar-refractivity contribution in [1.82, 2.24) is 10.9 Å². The van der Waals surface area contributed by atoms with Gasteiger partial charge in [-0.2, -0.15) is 0 Å². The molecule has 0 aliphatic rings. The van der Waals surface area contributed by atoms with Crippen LogP contribution in [0.25, 0.3) is 0 Å². The molecule has 2 aromatic rings. The van der Waals surface area contributed by atoms with Gasteiger partial charge in [-0.1, -0.05) is 35.4 Å². The van der Waals surface area contributed by atoms with Crippen LogP contribution in [-0.4, -0.2) is 24.5 Å². The first-order chi connectivity index (χ1) is 11.9. The Hall–Kier alpha value is -2.73. The number of benzene rings is 2. The van der Waals surface area contributed by atoms with Crippen LogP contribution in [0.4, 0.5) is 0 Å². The first-order valence-corrected chi connectivity index (χ1v) is 8.02. The number of halogens is 1. The molecule has 2 N–H and O–H groups in total. The lowest BCUT2D eigenvalue weighted by Gasteiger charge is -2.15. The summed E-state index contributed by atoms with van der Waals surface area (Å²) in [7, 11) is 0. The van der Waals surface area contributed by atoms with Gasteiger partial charge < -0.3 is 9.47 Å². The van der Waals surface area contributed by atoms with Gasteiger partial charge in [-0.25, -0.2) is 0 Å². The first kappa shape index (κ1) is 18.6. The van der Waals surface area contributed by atoms with Crippen LogP contribution in [0.5, 0.6) is 11.5 Å². The van der Waals surface area contributed by atoms with Crippen LogP contribution in [0, 0.1) is 6.92 Å². The van der Waals surface area contributed by atoms with Crippen LogP contribution in [0.2, 0.25) is 5.02 Å². The highest BCUT2D eigenvalue weighted by atomic mass is 35.5. The summed E-state index contributed by atoms with van der Waals surface area (Å²) in [4.78, 5) is 23.6. The number of amides is 2. The Labute approximate surface area is 151 Å². The molecule has 0 aliphatic heterocycles. The lowest BCUT2D eigenvalue weighted by molar-refractivity contribution is -0.133. The van der Waals surface area contributed by atoms with E-state index in [4.69, 9.17) is 21.1 Å². The Balaban J connectivity index is 1.72. The summed E-state index contributed by atoms with van der Waals surface area (Å²) >= 11 is 5.85. The second-order valence-electron chi connectivity index (χ2n) is 5.36. The lowest BCUT2D eigenvalue weighted by atomic mass is 10.2. The molecule has 0 aromatic heterocycles. The Bertz CT molecular complexity index is 734. The van der Waals surface area contributed by atoms with E-state index in [-0.39, 0.29) is 6.61 Å². The third kappa shape index (κ3) is 6.35. The van der Waals surface area contributed by atoms with Gasteiger partial charge >= 0.3 is 0 Å². The van der Waals surface area contributed by atoms with E-state index >= 15 is 0 Å². The average Bonchev–Trinajstić information content (AvgIpc) is 2.59. The zero-order chi connectivity index (χ0) is 18.2. The summed E-state index contributed by atoms with van der Waals surface area (Å²) in [6, 6.07) is 14.0. The van der Waals surface area contributed by atoms with Crippen molar-refractivity contribution >= 4 is 23.4 Å². The molecule has 2 aromatic carbocycles. The number of carbonyl (C=O) groups is 2. The monoisotopic (exact) mass is 362 g/mol. The summed E-state index contributed by atoms with van der Waals surface area (Å²) < 4.78 is 10.8. The van der Waals surface area contributed by atoms with Gasteiger partial charge in [-0.05, 0) is 44.2 Å². The molecular weight excluding hydrogens is 344 g/mol. The molecule has 1 atom stereocenters. The number of rotatable bonds is 6. The summed E-state index contributed by atoms with van der Waals surface area (Å²) in [5.74, 6) is 0.0569. The van der Waals surface area contributed by atoms with Crippen LogP contribution in [0.15, 0.2) is 48.5 Å². The minimum absolute atomic E-state index is 0.215. The molecule has 0 bridgehead atoms. The van der Waals surface area contributed by atoms with E-state index in [9.17, 15) is 9.59 Å². The molecule has 0 fully saturated rings. The minimum atomic E-state index is -0.809. The Morgan fingerprint density at radius 2 is 1.80 bits per heavy atom. The molecule has 25 heavy (non-hydrogen) atoms. The highest BCUT2D eigenvalue weighted by Crippen LogP contribution is 2.18. The maximum atomic E-state index is 11.9. The number of hydrazine groups is 1. The second-order valence-corrected chi connectivity index (χ2v) is 5.79. The van der Waals surface area contributed by atoms with Crippen molar-refractivity contribution in [3.63, 3.8) is 0 Å². The van der Waals surface area contributed by atoms with E-state index in [1.165, 1.54) is 0 Å². The van der Waals surface area contributed by atoms with Gasteiger partial charge in [-0.15, -0.1) is 0 Å². The van der Waals surface area contributed by atoms with Crippen LogP contribution >= 0.6 is 11.6 Å². The second kappa shape index (κ2) is 8.94. The molecule has 2 amide bonds. The molecule has 0 radical (unpaired) electrons. The van der Waals surface area contributed by atoms with Gasteiger partial charge in [0.1, 0.15) is 11.5 Å². The Morgan fingerprint density at radius 3 is 2.48 bits per heavy atom. The third-order valence-corrected chi connectivity index (χ3v) is 3.43. The number of nitrogens with one attached hydrogen (secondary N) is 2. The standard InChI is InChI=1S/C18H19ClN2O4/c1-12-6-8-15(9-7-12)24-11-17(22)20-21-18(23)13(2)25-16-5-3-4-14(19)10-16/h3-10,13H,11H2,1-2H3,(H,20,22)(H,21,23)/t13-/m1/s1. The Morgan fingerprint density at radius 1 is 1.08 bits per heavy atom. The lowest BCUT2D eigenvalue weighted by Crippen LogP contribution is -2.48. The summed E-state index contributed by atoms with van der Waals surface area (Å²) in [6.07, 6.45) is -0.809. The maximum Gasteiger partial charge on any atom is 0.279 e. The molecule has 7 heteroatoms. The van der Waals surface area contributed by atoms with E-state index in [2.05, 4.69) is 10.9 Å². The number of hydrogen-bond donors (Lipinski definition) is 2. The van der Waals surface area contributed by atoms with Gasteiger partial charge in [0.15, 0.2) is 12.7 Å². The van der Waals surface area contributed by atoms with Crippen LogP contribution < -0.4 is 20.3 Å². The first-order valence-electron chi connectivity index (χ1n) is 7.64. The van der Waals surface area contributed by atoms with Crippen molar-refractivity contribution in [3.8, 4) is 11.5 Å².